The first kappa shape index (κ1) is 17.0. The minimum absolute atomic E-state index is 0.289. The van der Waals surface area contributed by atoms with Crippen molar-refractivity contribution >= 4 is 39.1 Å². The largest absolute Gasteiger partial charge is 0.422 e. The van der Waals surface area contributed by atoms with E-state index < -0.39 is 11.8 Å². The Hall–Kier alpha value is -1.79. The molecule has 0 aromatic heterocycles. The van der Waals surface area contributed by atoms with Crippen LogP contribution in [0.15, 0.2) is 46.9 Å². The maximum absolute atomic E-state index is 13.0. The number of carbonyl (C=O) groups is 1. The third-order valence-corrected chi connectivity index (χ3v) is 4.82. The first-order chi connectivity index (χ1) is 11.5. The molecule has 0 amide bonds. The highest BCUT2D eigenvalue weighted by atomic mass is 79.9. The second-order valence-electron chi connectivity index (χ2n) is 5.54. The predicted molar refractivity (Wildman–Crippen MR) is 98.0 cm³/mol. The van der Waals surface area contributed by atoms with Gasteiger partial charge in [0.05, 0.1) is 11.1 Å². The van der Waals surface area contributed by atoms with Crippen molar-refractivity contribution in [2.24, 2.45) is 0 Å². The van der Waals surface area contributed by atoms with Gasteiger partial charge in [-0.15, -0.1) is 0 Å². The Morgan fingerprint density at radius 2 is 1.79 bits per heavy atom. The molecule has 0 N–H and O–H groups in total. The second-order valence-corrected chi connectivity index (χ2v) is 6.84. The molecule has 124 valence electrons. The molecule has 3 nitrogen and oxygen atoms in total. The lowest BCUT2D eigenvalue weighted by molar-refractivity contribution is 0.0734. The monoisotopic (exact) mass is 407 g/mol. The number of rotatable bonds is 3. The second kappa shape index (κ2) is 7.40. The van der Waals surface area contributed by atoms with Crippen LogP contribution in [-0.4, -0.2) is 28.9 Å². The molecular formula is C18H15BrFNO2S. The maximum atomic E-state index is 13.0. The molecule has 0 saturated carbocycles. The van der Waals surface area contributed by atoms with Gasteiger partial charge >= 0.3 is 5.97 Å². The number of ether oxygens (including phenoxy) is 1. The highest BCUT2D eigenvalue weighted by molar-refractivity contribution is 9.10. The van der Waals surface area contributed by atoms with Gasteiger partial charge in [-0.05, 0) is 55.3 Å². The van der Waals surface area contributed by atoms with E-state index in [1.54, 1.807) is 12.1 Å². The molecule has 0 spiro atoms. The molecule has 1 saturated heterocycles. The molecule has 2 aromatic rings. The van der Waals surface area contributed by atoms with Gasteiger partial charge in [0, 0.05) is 17.6 Å². The van der Waals surface area contributed by atoms with Crippen LogP contribution in [0, 0.1) is 5.82 Å². The van der Waals surface area contributed by atoms with E-state index in [9.17, 15) is 9.18 Å². The summed E-state index contributed by atoms with van der Waals surface area (Å²) < 4.78 is 19.4. The van der Waals surface area contributed by atoms with Crippen LogP contribution in [0.5, 0.6) is 5.75 Å². The molecule has 6 heteroatoms. The van der Waals surface area contributed by atoms with Gasteiger partial charge < -0.3 is 9.64 Å². The average Bonchev–Trinajstić information content (AvgIpc) is 3.11. The molecule has 0 aliphatic carbocycles. The zero-order chi connectivity index (χ0) is 17.1. The molecule has 0 radical (unpaired) electrons. The first-order valence-corrected chi connectivity index (χ1v) is 8.81. The molecule has 2 aromatic carbocycles. The Kier molecular flexibility index (Phi) is 5.26. The smallest absolute Gasteiger partial charge is 0.343 e. The highest BCUT2D eigenvalue weighted by Crippen LogP contribution is 2.27. The van der Waals surface area contributed by atoms with Crippen LogP contribution in [-0.2, 0) is 0 Å². The van der Waals surface area contributed by atoms with Crippen LogP contribution in [0.4, 0.5) is 4.39 Å². The number of esters is 1. The van der Waals surface area contributed by atoms with Crippen molar-refractivity contribution in [1.29, 1.82) is 0 Å². The summed E-state index contributed by atoms with van der Waals surface area (Å²) in [7, 11) is 0. The number of benzene rings is 2. The van der Waals surface area contributed by atoms with Gasteiger partial charge in [-0.1, -0.05) is 28.1 Å². The van der Waals surface area contributed by atoms with Crippen molar-refractivity contribution in [1.82, 2.24) is 4.90 Å². The Bertz CT molecular complexity index is 773. The summed E-state index contributed by atoms with van der Waals surface area (Å²) in [5.41, 5.74) is 0.995. The number of hydrogen-bond acceptors (Lipinski definition) is 3. The van der Waals surface area contributed by atoms with Crippen LogP contribution in [0.25, 0.3) is 0 Å². The number of likely N-dealkylation sites (tertiary alicyclic amines) is 1. The SMILES string of the molecule is O=C(Oc1ccc(Br)cc1C(=S)N1CCCC1)c1ccc(F)cc1. The van der Waals surface area contributed by atoms with Crippen LogP contribution in [0.2, 0.25) is 0 Å². The fourth-order valence-corrected chi connectivity index (χ4v) is 3.30. The van der Waals surface area contributed by atoms with E-state index in [1.165, 1.54) is 24.3 Å². The topological polar surface area (TPSA) is 29.5 Å². The molecular weight excluding hydrogens is 393 g/mol. The number of thiocarbonyl (C=S) groups is 1. The van der Waals surface area contributed by atoms with Gasteiger partial charge in [-0.25, -0.2) is 9.18 Å². The van der Waals surface area contributed by atoms with E-state index in [1.807, 2.05) is 6.07 Å². The third kappa shape index (κ3) is 3.82. The van der Waals surface area contributed by atoms with Crippen LogP contribution in [0.3, 0.4) is 0 Å². The minimum Gasteiger partial charge on any atom is -0.422 e. The van der Waals surface area contributed by atoms with Crippen molar-refractivity contribution in [2.45, 2.75) is 12.8 Å². The molecule has 24 heavy (non-hydrogen) atoms. The highest BCUT2D eigenvalue weighted by Gasteiger charge is 2.21. The predicted octanol–water partition coefficient (Wildman–Crippen LogP) is 4.58. The zero-order valence-corrected chi connectivity index (χ0v) is 15.2. The van der Waals surface area contributed by atoms with E-state index in [0.29, 0.717) is 16.3 Å². The fraction of sp³-hybridized carbons (Fsp3) is 0.222. The van der Waals surface area contributed by atoms with Crippen LogP contribution >= 0.6 is 28.1 Å². The maximum Gasteiger partial charge on any atom is 0.343 e. The molecule has 3 rings (SSSR count). The van der Waals surface area contributed by atoms with E-state index in [-0.39, 0.29) is 5.56 Å². The van der Waals surface area contributed by atoms with Gasteiger partial charge in [-0.3, -0.25) is 0 Å². The lowest BCUT2D eigenvalue weighted by Crippen LogP contribution is -2.27. The number of nitrogens with zero attached hydrogens (tertiary/aromatic N) is 1. The van der Waals surface area contributed by atoms with Crippen molar-refractivity contribution in [3.05, 3.63) is 63.9 Å². The molecule has 1 aliphatic rings. The first-order valence-electron chi connectivity index (χ1n) is 7.61. The third-order valence-electron chi connectivity index (χ3n) is 3.85. The van der Waals surface area contributed by atoms with Gasteiger partial charge in [0.25, 0.3) is 0 Å². The Balaban J connectivity index is 1.86. The number of halogens is 2. The van der Waals surface area contributed by atoms with Gasteiger partial charge in [0.2, 0.25) is 0 Å². The van der Waals surface area contributed by atoms with Crippen molar-refractivity contribution in [2.75, 3.05) is 13.1 Å². The summed E-state index contributed by atoms with van der Waals surface area (Å²) in [6.07, 6.45) is 2.22. The minimum atomic E-state index is -0.539. The van der Waals surface area contributed by atoms with Crippen molar-refractivity contribution < 1.29 is 13.9 Å². The standard InChI is InChI=1S/C18H15BrFNO2S/c19-13-5-8-16(15(11-13)17(24)21-9-1-2-10-21)23-18(22)12-3-6-14(20)7-4-12/h3-8,11H,1-2,9-10H2. The van der Waals surface area contributed by atoms with Gasteiger partial charge in [-0.2, -0.15) is 0 Å². The van der Waals surface area contributed by atoms with Crippen LogP contribution in [0.1, 0.15) is 28.8 Å². The number of carbonyl (C=O) groups excluding carboxylic acids is 1. The Morgan fingerprint density at radius 3 is 2.46 bits per heavy atom. The summed E-state index contributed by atoms with van der Waals surface area (Å²) in [4.78, 5) is 15.1. The lowest BCUT2D eigenvalue weighted by atomic mass is 10.2. The van der Waals surface area contributed by atoms with Gasteiger partial charge in [0.1, 0.15) is 16.6 Å². The van der Waals surface area contributed by atoms with Gasteiger partial charge in [0.15, 0.2) is 0 Å². The zero-order valence-electron chi connectivity index (χ0n) is 12.8. The van der Waals surface area contributed by atoms with E-state index >= 15 is 0 Å². The van der Waals surface area contributed by atoms with E-state index in [4.69, 9.17) is 17.0 Å². The Morgan fingerprint density at radius 1 is 1.12 bits per heavy atom. The van der Waals surface area contributed by atoms with Crippen LogP contribution < -0.4 is 4.74 Å². The summed E-state index contributed by atoms with van der Waals surface area (Å²) in [6, 6.07) is 10.6. The van der Waals surface area contributed by atoms with Crippen molar-refractivity contribution in [3.63, 3.8) is 0 Å². The molecule has 1 fully saturated rings. The normalized spacial score (nSPS) is 13.8. The Labute approximate surface area is 153 Å². The lowest BCUT2D eigenvalue weighted by Gasteiger charge is -2.20. The molecule has 0 atom stereocenters. The van der Waals surface area contributed by atoms with E-state index in [0.717, 1.165) is 30.4 Å². The van der Waals surface area contributed by atoms with E-state index in [2.05, 4.69) is 20.8 Å². The summed E-state index contributed by atoms with van der Waals surface area (Å²) in [6.45, 7) is 1.83. The summed E-state index contributed by atoms with van der Waals surface area (Å²) >= 11 is 9.01. The molecule has 1 heterocycles. The molecule has 0 bridgehead atoms. The quantitative estimate of drug-likeness (QED) is 0.423. The molecule has 1 aliphatic heterocycles. The van der Waals surface area contributed by atoms with Crippen molar-refractivity contribution in [3.8, 4) is 5.75 Å². The molecule has 0 unspecified atom stereocenters. The average molecular weight is 408 g/mol. The fourth-order valence-electron chi connectivity index (χ4n) is 2.59. The summed E-state index contributed by atoms with van der Waals surface area (Å²) in [5, 5.41) is 0. The number of hydrogen-bond donors (Lipinski definition) is 0. The summed E-state index contributed by atoms with van der Waals surface area (Å²) in [5.74, 6) is -0.529.